The molecule has 0 aliphatic heterocycles. The van der Waals surface area contributed by atoms with Crippen LogP contribution in [0.15, 0.2) is 72.9 Å². The van der Waals surface area contributed by atoms with Gasteiger partial charge < -0.3 is 10.1 Å². The van der Waals surface area contributed by atoms with E-state index in [2.05, 4.69) is 75.3 Å². The third kappa shape index (κ3) is 5.25. The van der Waals surface area contributed by atoms with Crippen LogP contribution in [0, 0.1) is 0 Å². The molecular weight excluding hydrogens is 426 g/mol. The first-order valence-corrected chi connectivity index (χ1v) is 12.2. The van der Waals surface area contributed by atoms with Crippen molar-refractivity contribution in [3.8, 4) is 22.1 Å². The zero-order valence-electron chi connectivity index (χ0n) is 19.9. The number of aromatic nitrogens is 2. The predicted molar refractivity (Wildman–Crippen MR) is 139 cm³/mol. The average Bonchev–Trinajstić information content (AvgIpc) is 3.24. The summed E-state index contributed by atoms with van der Waals surface area (Å²) in [6.45, 7) is 11.0. The molecule has 1 atom stereocenters. The van der Waals surface area contributed by atoms with E-state index in [1.807, 2.05) is 36.4 Å². The Morgan fingerprint density at radius 1 is 0.970 bits per heavy atom. The molecule has 4 aromatic rings. The number of para-hydroxylation sites is 1. The molecule has 0 saturated heterocycles. The molecule has 2 heterocycles. The van der Waals surface area contributed by atoms with Gasteiger partial charge in [0, 0.05) is 11.8 Å². The van der Waals surface area contributed by atoms with Gasteiger partial charge in [-0.2, -0.15) is 0 Å². The summed E-state index contributed by atoms with van der Waals surface area (Å²) in [6, 6.07) is 22.5. The number of nitrogens with one attached hydrogen (secondary N) is 1. The predicted octanol–water partition coefficient (Wildman–Crippen LogP) is 8.55. The van der Waals surface area contributed by atoms with E-state index in [0.29, 0.717) is 11.8 Å². The molecule has 4 nitrogen and oxygen atoms in total. The maximum absolute atomic E-state index is 6.33. The number of rotatable bonds is 7. The molecule has 1 unspecified atom stereocenters. The Kier molecular flexibility index (Phi) is 6.80. The second kappa shape index (κ2) is 9.75. The summed E-state index contributed by atoms with van der Waals surface area (Å²) < 4.78 is 6.33. The summed E-state index contributed by atoms with van der Waals surface area (Å²) in [6.07, 6.45) is 2.79. The number of hydrogen-bond donors (Lipinski definition) is 1. The van der Waals surface area contributed by atoms with Crippen LogP contribution in [0.3, 0.4) is 0 Å². The molecule has 170 valence electrons. The van der Waals surface area contributed by atoms with Gasteiger partial charge >= 0.3 is 0 Å². The van der Waals surface area contributed by atoms with Crippen molar-refractivity contribution in [1.82, 2.24) is 9.97 Å². The lowest BCUT2D eigenvalue weighted by atomic mass is 9.86. The second-order valence-electron chi connectivity index (χ2n) is 9.24. The standard InChI is InChI=1S/C28H31N3OS/c1-6-19(2)24-25(20-13-8-7-9-14-20)33-27(31-24)30-22-16-12-18-29-26(22)32-23-17-11-10-15-21(23)28(3,4)5/h7-19H,6H2,1-5H3,(H,30,31). The van der Waals surface area contributed by atoms with Crippen LogP contribution in [0.2, 0.25) is 0 Å². The number of benzene rings is 2. The van der Waals surface area contributed by atoms with Gasteiger partial charge in [0.25, 0.3) is 0 Å². The van der Waals surface area contributed by atoms with Crippen LogP contribution in [0.5, 0.6) is 11.6 Å². The summed E-state index contributed by atoms with van der Waals surface area (Å²) in [7, 11) is 0. The first-order chi connectivity index (χ1) is 15.9. The fourth-order valence-corrected chi connectivity index (χ4v) is 4.77. The Balaban J connectivity index is 1.68. The van der Waals surface area contributed by atoms with E-state index in [-0.39, 0.29) is 5.41 Å². The van der Waals surface area contributed by atoms with E-state index in [9.17, 15) is 0 Å². The van der Waals surface area contributed by atoms with Gasteiger partial charge in [-0.1, -0.05) is 94.5 Å². The van der Waals surface area contributed by atoms with E-state index in [1.165, 1.54) is 10.4 Å². The summed E-state index contributed by atoms with van der Waals surface area (Å²) in [5.41, 5.74) is 4.22. The first-order valence-electron chi connectivity index (χ1n) is 11.4. The topological polar surface area (TPSA) is 47.0 Å². The second-order valence-corrected chi connectivity index (χ2v) is 10.2. The number of hydrogen-bond acceptors (Lipinski definition) is 5. The Hall–Kier alpha value is -3.18. The third-order valence-corrected chi connectivity index (χ3v) is 6.72. The molecule has 2 aromatic carbocycles. The van der Waals surface area contributed by atoms with Gasteiger partial charge in [-0.25, -0.2) is 9.97 Å². The zero-order chi connectivity index (χ0) is 23.4. The average molecular weight is 458 g/mol. The minimum atomic E-state index is -0.0376. The molecule has 1 N–H and O–H groups in total. The molecule has 0 radical (unpaired) electrons. The lowest BCUT2D eigenvalue weighted by Crippen LogP contribution is -2.12. The Labute approximate surface area is 200 Å². The van der Waals surface area contributed by atoms with Crippen LogP contribution in [0.1, 0.15) is 58.2 Å². The minimum Gasteiger partial charge on any atom is -0.437 e. The van der Waals surface area contributed by atoms with Gasteiger partial charge in [0.05, 0.1) is 10.6 Å². The molecule has 5 heteroatoms. The van der Waals surface area contributed by atoms with Crippen LogP contribution < -0.4 is 10.1 Å². The summed E-state index contributed by atoms with van der Waals surface area (Å²) in [5.74, 6) is 1.72. The summed E-state index contributed by atoms with van der Waals surface area (Å²) in [4.78, 5) is 10.7. The molecule has 0 aliphatic carbocycles. The van der Waals surface area contributed by atoms with Gasteiger partial charge in [0.2, 0.25) is 5.88 Å². The minimum absolute atomic E-state index is 0.0376. The number of anilines is 2. The van der Waals surface area contributed by atoms with Crippen molar-refractivity contribution in [2.24, 2.45) is 0 Å². The highest BCUT2D eigenvalue weighted by Gasteiger charge is 2.21. The lowest BCUT2D eigenvalue weighted by molar-refractivity contribution is 0.442. The SMILES string of the molecule is CCC(C)c1nc(Nc2cccnc2Oc2ccccc2C(C)(C)C)sc1-c1ccccc1. The van der Waals surface area contributed by atoms with Gasteiger partial charge in [0.15, 0.2) is 5.13 Å². The van der Waals surface area contributed by atoms with E-state index in [4.69, 9.17) is 9.72 Å². The van der Waals surface area contributed by atoms with Crippen molar-refractivity contribution in [2.45, 2.75) is 52.4 Å². The number of pyridine rings is 1. The molecule has 33 heavy (non-hydrogen) atoms. The normalized spacial score (nSPS) is 12.4. The molecule has 0 amide bonds. The molecule has 0 bridgehead atoms. The van der Waals surface area contributed by atoms with Crippen molar-refractivity contribution >= 4 is 22.2 Å². The van der Waals surface area contributed by atoms with Crippen molar-refractivity contribution in [2.75, 3.05) is 5.32 Å². The van der Waals surface area contributed by atoms with Gasteiger partial charge in [-0.15, -0.1) is 0 Å². The number of thiazole rings is 1. The molecule has 0 spiro atoms. The van der Waals surface area contributed by atoms with Crippen LogP contribution in [0.4, 0.5) is 10.8 Å². The maximum atomic E-state index is 6.33. The highest BCUT2D eigenvalue weighted by Crippen LogP contribution is 2.41. The van der Waals surface area contributed by atoms with Gasteiger partial charge in [-0.05, 0) is 41.5 Å². The van der Waals surface area contributed by atoms with Crippen LogP contribution in [-0.4, -0.2) is 9.97 Å². The van der Waals surface area contributed by atoms with Crippen LogP contribution >= 0.6 is 11.3 Å². The molecular formula is C28H31N3OS. The van der Waals surface area contributed by atoms with E-state index in [1.54, 1.807) is 17.5 Å². The van der Waals surface area contributed by atoms with Crippen LogP contribution in [-0.2, 0) is 5.41 Å². The lowest BCUT2D eigenvalue weighted by Gasteiger charge is -2.22. The fraction of sp³-hybridized carbons (Fsp3) is 0.286. The smallest absolute Gasteiger partial charge is 0.243 e. The maximum Gasteiger partial charge on any atom is 0.243 e. The number of nitrogens with zero attached hydrogens (tertiary/aromatic N) is 2. The van der Waals surface area contributed by atoms with E-state index in [0.717, 1.165) is 34.2 Å². The largest absolute Gasteiger partial charge is 0.437 e. The van der Waals surface area contributed by atoms with E-state index < -0.39 is 0 Å². The van der Waals surface area contributed by atoms with Crippen molar-refractivity contribution < 1.29 is 4.74 Å². The highest BCUT2D eigenvalue weighted by atomic mass is 32.1. The quantitative estimate of drug-likeness (QED) is 0.302. The summed E-state index contributed by atoms with van der Waals surface area (Å²) in [5, 5.41) is 4.32. The Morgan fingerprint density at radius 3 is 2.42 bits per heavy atom. The van der Waals surface area contributed by atoms with Crippen molar-refractivity contribution in [3.63, 3.8) is 0 Å². The highest BCUT2D eigenvalue weighted by molar-refractivity contribution is 7.19. The molecule has 4 rings (SSSR count). The molecule has 2 aromatic heterocycles. The molecule has 0 fully saturated rings. The van der Waals surface area contributed by atoms with E-state index >= 15 is 0 Å². The van der Waals surface area contributed by atoms with Crippen molar-refractivity contribution in [1.29, 1.82) is 0 Å². The van der Waals surface area contributed by atoms with Crippen molar-refractivity contribution in [3.05, 3.63) is 84.2 Å². The Morgan fingerprint density at radius 2 is 1.70 bits per heavy atom. The zero-order valence-corrected chi connectivity index (χ0v) is 20.7. The van der Waals surface area contributed by atoms with Gasteiger partial charge in [0.1, 0.15) is 11.4 Å². The molecule has 0 saturated carbocycles. The fourth-order valence-electron chi connectivity index (χ4n) is 3.67. The monoisotopic (exact) mass is 457 g/mol. The van der Waals surface area contributed by atoms with Gasteiger partial charge in [-0.3, -0.25) is 0 Å². The summed E-state index contributed by atoms with van der Waals surface area (Å²) >= 11 is 1.67. The third-order valence-electron chi connectivity index (χ3n) is 5.68. The Bertz CT molecular complexity index is 1210. The first kappa shape index (κ1) is 23.0. The molecule has 0 aliphatic rings. The number of ether oxygens (including phenoxy) is 1. The van der Waals surface area contributed by atoms with Crippen LogP contribution in [0.25, 0.3) is 10.4 Å².